The fourth-order valence-corrected chi connectivity index (χ4v) is 1.03. The summed E-state index contributed by atoms with van der Waals surface area (Å²) in [5.41, 5.74) is 1.06. The van der Waals surface area contributed by atoms with Crippen LogP contribution in [0.4, 0.5) is 0 Å². The smallest absolute Gasteiger partial charge is 0.106 e. The Labute approximate surface area is 68.1 Å². The fraction of sp³-hybridized carbons (Fsp3) is 0.143. The van der Waals surface area contributed by atoms with Crippen LogP contribution in [0, 0.1) is 0 Å². The van der Waals surface area contributed by atoms with Gasteiger partial charge in [0.15, 0.2) is 0 Å². The SMILES string of the molecule is C/N=C/c1ccnc(Br)c1. The number of rotatable bonds is 1. The molecule has 2 nitrogen and oxygen atoms in total. The van der Waals surface area contributed by atoms with Crippen molar-refractivity contribution in [3.05, 3.63) is 28.5 Å². The lowest BCUT2D eigenvalue weighted by Crippen LogP contribution is -1.81. The molecular weight excluding hydrogens is 192 g/mol. The summed E-state index contributed by atoms with van der Waals surface area (Å²) in [5.74, 6) is 0. The van der Waals surface area contributed by atoms with Crippen LogP contribution in [0.3, 0.4) is 0 Å². The molecule has 0 aliphatic heterocycles. The van der Waals surface area contributed by atoms with Crippen LogP contribution in [0.2, 0.25) is 0 Å². The van der Waals surface area contributed by atoms with Gasteiger partial charge in [-0.2, -0.15) is 0 Å². The second-order valence-electron chi connectivity index (χ2n) is 1.80. The van der Waals surface area contributed by atoms with Crippen LogP contribution in [0.25, 0.3) is 0 Å². The molecule has 0 atom stereocenters. The summed E-state index contributed by atoms with van der Waals surface area (Å²) in [4.78, 5) is 7.85. The summed E-state index contributed by atoms with van der Waals surface area (Å²) in [5, 5.41) is 0. The molecule has 52 valence electrons. The van der Waals surface area contributed by atoms with E-state index < -0.39 is 0 Å². The molecule has 0 N–H and O–H groups in total. The zero-order valence-electron chi connectivity index (χ0n) is 5.58. The second-order valence-corrected chi connectivity index (χ2v) is 2.61. The maximum Gasteiger partial charge on any atom is 0.106 e. The number of aliphatic imine (C=N–C) groups is 1. The number of halogens is 1. The highest BCUT2D eigenvalue weighted by Crippen LogP contribution is 2.05. The minimum absolute atomic E-state index is 0.838. The Morgan fingerprint density at radius 3 is 3.10 bits per heavy atom. The molecule has 0 spiro atoms. The zero-order valence-corrected chi connectivity index (χ0v) is 7.17. The van der Waals surface area contributed by atoms with E-state index in [9.17, 15) is 0 Å². The summed E-state index contributed by atoms with van der Waals surface area (Å²) in [6.07, 6.45) is 3.52. The van der Waals surface area contributed by atoms with Crippen LogP contribution in [0.5, 0.6) is 0 Å². The van der Waals surface area contributed by atoms with Crippen molar-refractivity contribution in [3.63, 3.8) is 0 Å². The Morgan fingerprint density at radius 1 is 1.70 bits per heavy atom. The lowest BCUT2D eigenvalue weighted by atomic mass is 10.3. The van der Waals surface area contributed by atoms with Crippen LogP contribution in [-0.4, -0.2) is 18.2 Å². The van der Waals surface area contributed by atoms with Crippen molar-refractivity contribution >= 4 is 22.1 Å². The summed E-state index contributed by atoms with van der Waals surface area (Å²) < 4.78 is 0.838. The van der Waals surface area contributed by atoms with E-state index in [1.54, 1.807) is 19.5 Å². The summed E-state index contributed by atoms with van der Waals surface area (Å²) >= 11 is 3.26. The Bertz CT molecular complexity index is 245. The Kier molecular flexibility index (Phi) is 2.57. The molecule has 1 aromatic rings. The van der Waals surface area contributed by atoms with Gasteiger partial charge in [0.05, 0.1) is 0 Å². The second kappa shape index (κ2) is 3.46. The van der Waals surface area contributed by atoms with Crippen LogP contribution in [0.1, 0.15) is 5.56 Å². The van der Waals surface area contributed by atoms with E-state index in [0.29, 0.717) is 0 Å². The minimum atomic E-state index is 0.838. The maximum absolute atomic E-state index is 3.98. The minimum Gasteiger partial charge on any atom is -0.296 e. The fourth-order valence-electron chi connectivity index (χ4n) is 0.647. The van der Waals surface area contributed by atoms with Gasteiger partial charge in [0.25, 0.3) is 0 Å². The van der Waals surface area contributed by atoms with Gasteiger partial charge in [-0.15, -0.1) is 0 Å². The molecule has 0 saturated heterocycles. The summed E-state index contributed by atoms with van der Waals surface area (Å²) in [6.45, 7) is 0. The predicted molar refractivity (Wildman–Crippen MR) is 45.5 cm³/mol. The molecule has 0 bridgehead atoms. The van der Waals surface area contributed by atoms with Gasteiger partial charge in [0, 0.05) is 19.5 Å². The number of pyridine rings is 1. The molecule has 0 fully saturated rings. The lowest BCUT2D eigenvalue weighted by molar-refractivity contribution is 1.27. The quantitative estimate of drug-likeness (QED) is 0.500. The van der Waals surface area contributed by atoms with Crippen LogP contribution < -0.4 is 0 Å². The first-order valence-corrected chi connectivity index (χ1v) is 3.66. The summed E-state index contributed by atoms with van der Waals surface area (Å²) in [7, 11) is 1.74. The van der Waals surface area contributed by atoms with E-state index in [1.165, 1.54) is 0 Å². The van der Waals surface area contributed by atoms with E-state index in [2.05, 4.69) is 25.9 Å². The molecule has 0 amide bonds. The molecule has 1 heterocycles. The van der Waals surface area contributed by atoms with Crippen molar-refractivity contribution in [1.82, 2.24) is 4.98 Å². The van der Waals surface area contributed by atoms with E-state index >= 15 is 0 Å². The summed E-state index contributed by atoms with van der Waals surface area (Å²) in [6, 6.07) is 3.81. The Morgan fingerprint density at radius 2 is 2.50 bits per heavy atom. The number of nitrogens with zero attached hydrogens (tertiary/aromatic N) is 2. The van der Waals surface area contributed by atoms with Crippen LogP contribution in [-0.2, 0) is 0 Å². The molecule has 0 unspecified atom stereocenters. The van der Waals surface area contributed by atoms with Crippen LogP contribution >= 0.6 is 15.9 Å². The average molecular weight is 199 g/mol. The normalized spacial score (nSPS) is 10.6. The molecule has 0 aliphatic rings. The van der Waals surface area contributed by atoms with Crippen molar-refractivity contribution in [3.8, 4) is 0 Å². The van der Waals surface area contributed by atoms with Crippen molar-refractivity contribution in [2.45, 2.75) is 0 Å². The van der Waals surface area contributed by atoms with E-state index in [0.717, 1.165) is 10.2 Å². The van der Waals surface area contributed by atoms with Crippen molar-refractivity contribution in [2.75, 3.05) is 7.05 Å². The van der Waals surface area contributed by atoms with E-state index in [1.807, 2.05) is 12.1 Å². The zero-order chi connectivity index (χ0) is 7.40. The Balaban J connectivity index is 2.95. The predicted octanol–water partition coefficient (Wildman–Crippen LogP) is 1.89. The van der Waals surface area contributed by atoms with Crippen molar-refractivity contribution in [2.24, 2.45) is 4.99 Å². The first-order valence-electron chi connectivity index (χ1n) is 2.86. The highest BCUT2D eigenvalue weighted by molar-refractivity contribution is 9.10. The molecule has 0 aromatic carbocycles. The number of hydrogen-bond acceptors (Lipinski definition) is 2. The molecule has 0 aliphatic carbocycles. The molecular formula is C7H7BrN2. The van der Waals surface area contributed by atoms with Crippen molar-refractivity contribution in [1.29, 1.82) is 0 Å². The number of aromatic nitrogens is 1. The van der Waals surface area contributed by atoms with E-state index in [-0.39, 0.29) is 0 Å². The van der Waals surface area contributed by atoms with Crippen molar-refractivity contribution < 1.29 is 0 Å². The third-order valence-corrected chi connectivity index (χ3v) is 1.46. The average Bonchev–Trinajstić information content (AvgIpc) is 1.88. The van der Waals surface area contributed by atoms with Gasteiger partial charge in [0.2, 0.25) is 0 Å². The lowest BCUT2D eigenvalue weighted by Gasteiger charge is -1.90. The van der Waals surface area contributed by atoms with Gasteiger partial charge in [0.1, 0.15) is 4.60 Å². The maximum atomic E-state index is 3.98. The molecule has 10 heavy (non-hydrogen) atoms. The monoisotopic (exact) mass is 198 g/mol. The highest BCUT2D eigenvalue weighted by atomic mass is 79.9. The molecule has 3 heteroatoms. The first kappa shape index (κ1) is 7.41. The van der Waals surface area contributed by atoms with Gasteiger partial charge < -0.3 is 0 Å². The molecule has 0 saturated carbocycles. The van der Waals surface area contributed by atoms with Gasteiger partial charge in [-0.3, -0.25) is 4.99 Å². The Hall–Kier alpha value is -0.700. The van der Waals surface area contributed by atoms with E-state index in [4.69, 9.17) is 0 Å². The van der Waals surface area contributed by atoms with Crippen LogP contribution in [0.15, 0.2) is 27.9 Å². The van der Waals surface area contributed by atoms with Gasteiger partial charge in [-0.1, -0.05) is 0 Å². The standard InChI is InChI=1S/C7H7BrN2/c1-9-5-6-2-3-10-7(8)4-6/h2-5H,1H3/b9-5+. The topological polar surface area (TPSA) is 25.2 Å². The number of hydrogen-bond donors (Lipinski definition) is 0. The third kappa shape index (κ3) is 1.92. The molecule has 0 radical (unpaired) electrons. The van der Waals surface area contributed by atoms with Gasteiger partial charge in [-0.05, 0) is 33.6 Å². The molecule has 1 rings (SSSR count). The van der Waals surface area contributed by atoms with Gasteiger partial charge >= 0.3 is 0 Å². The highest BCUT2D eigenvalue weighted by Gasteiger charge is 1.87. The largest absolute Gasteiger partial charge is 0.296 e. The third-order valence-electron chi connectivity index (χ3n) is 1.03. The molecule has 1 aromatic heterocycles. The first-order chi connectivity index (χ1) is 4.83. The van der Waals surface area contributed by atoms with Gasteiger partial charge in [-0.25, -0.2) is 4.98 Å².